The Labute approximate surface area is 172 Å². The van der Waals surface area contributed by atoms with Gasteiger partial charge >= 0.3 is 6.18 Å². The van der Waals surface area contributed by atoms with Crippen LogP contribution in [0.1, 0.15) is 11.1 Å². The molecule has 0 fully saturated rings. The van der Waals surface area contributed by atoms with Crippen molar-refractivity contribution in [2.75, 3.05) is 7.11 Å². The van der Waals surface area contributed by atoms with E-state index in [9.17, 15) is 13.2 Å². The molecule has 1 heterocycles. The van der Waals surface area contributed by atoms with Crippen molar-refractivity contribution in [3.63, 3.8) is 0 Å². The Morgan fingerprint density at radius 1 is 0.867 bits per heavy atom. The number of nitrogens with zero attached hydrogens (tertiary/aromatic N) is 2. The van der Waals surface area contributed by atoms with Crippen LogP contribution >= 0.6 is 0 Å². The standard InChI is InChI=1S/C24H19F3N2O/c1-30-22-11-9-19(10-12-22)23-28-13-14-29(23)16-17-5-7-18(8-6-17)20-3-2-4-21(15-20)24(25,26)27/h2-15H,16H2,1H3. The van der Waals surface area contributed by atoms with Crippen molar-refractivity contribution in [1.29, 1.82) is 0 Å². The lowest BCUT2D eigenvalue weighted by Crippen LogP contribution is -2.04. The van der Waals surface area contributed by atoms with Crippen LogP contribution in [0, 0.1) is 0 Å². The topological polar surface area (TPSA) is 27.1 Å². The number of imidazole rings is 1. The number of rotatable bonds is 5. The molecule has 0 aliphatic carbocycles. The van der Waals surface area contributed by atoms with Gasteiger partial charge in [0.15, 0.2) is 0 Å². The zero-order valence-corrected chi connectivity index (χ0v) is 16.2. The van der Waals surface area contributed by atoms with Gasteiger partial charge in [-0.25, -0.2) is 4.98 Å². The Balaban J connectivity index is 1.55. The molecule has 0 amide bonds. The van der Waals surface area contributed by atoms with Crippen molar-refractivity contribution in [3.8, 4) is 28.3 Å². The van der Waals surface area contributed by atoms with Gasteiger partial charge < -0.3 is 9.30 Å². The van der Waals surface area contributed by atoms with Crippen LogP contribution in [0.5, 0.6) is 5.75 Å². The van der Waals surface area contributed by atoms with Crippen LogP contribution in [-0.4, -0.2) is 16.7 Å². The number of methoxy groups -OCH3 is 1. The number of aromatic nitrogens is 2. The van der Waals surface area contributed by atoms with E-state index in [1.54, 1.807) is 19.4 Å². The summed E-state index contributed by atoms with van der Waals surface area (Å²) in [6.07, 6.45) is -0.702. The first-order valence-electron chi connectivity index (χ1n) is 9.36. The smallest absolute Gasteiger partial charge is 0.416 e. The van der Waals surface area contributed by atoms with Gasteiger partial charge in [-0.3, -0.25) is 0 Å². The number of hydrogen-bond donors (Lipinski definition) is 0. The quantitative estimate of drug-likeness (QED) is 0.388. The molecule has 6 heteroatoms. The van der Waals surface area contributed by atoms with Gasteiger partial charge in [-0.2, -0.15) is 13.2 Å². The summed E-state index contributed by atoms with van der Waals surface area (Å²) in [4.78, 5) is 4.45. The van der Waals surface area contributed by atoms with E-state index >= 15 is 0 Å². The predicted octanol–water partition coefficient (Wildman–Crippen LogP) is 6.29. The first-order chi connectivity index (χ1) is 14.4. The third-order valence-corrected chi connectivity index (χ3v) is 4.89. The first kappa shape index (κ1) is 19.8. The van der Waals surface area contributed by atoms with E-state index in [2.05, 4.69) is 4.98 Å². The molecule has 30 heavy (non-hydrogen) atoms. The lowest BCUT2D eigenvalue weighted by molar-refractivity contribution is -0.137. The van der Waals surface area contributed by atoms with E-state index in [1.807, 2.05) is 59.3 Å². The fourth-order valence-electron chi connectivity index (χ4n) is 3.31. The molecule has 4 rings (SSSR count). The molecule has 3 nitrogen and oxygen atoms in total. The van der Waals surface area contributed by atoms with Gasteiger partial charge in [-0.1, -0.05) is 36.4 Å². The maximum absolute atomic E-state index is 13.0. The molecule has 0 atom stereocenters. The van der Waals surface area contributed by atoms with E-state index in [-0.39, 0.29) is 0 Å². The Bertz CT molecular complexity index is 1130. The lowest BCUT2D eigenvalue weighted by Gasteiger charge is -2.11. The van der Waals surface area contributed by atoms with Crippen molar-refractivity contribution in [1.82, 2.24) is 9.55 Å². The summed E-state index contributed by atoms with van der Waals surface area (Å²) in [6.45, 7) is 0.601. The van der Waals surface area contributed by atoms with Gasteiger partial charge in [0.1, 0.15) is 11.6 Å². The van der Waals surface area contributed by atoms with E-state index in [4.69, 9.17) is 4.74 Å². The van der Waals surface area contributed by atoms with Crippen LogP contribution in [0.15, 0.2) is 85.2 Å². The van der Waals surface area contributed by atoms with Crippen molar-refractivity contribution < 1.29 is 17.9 Å². The van der Waals surface area contributed by atoms with Crippen molar-refractivity contribution in [2.45, 2.75) is 12.7 Å². The molecule has 4 aromatic rings. The van der Waals surface area contributed by atoms with Crippen molar-refractivity contribution in [2.24, 2.45) is 0 Å². The third-order valence-electron chi connectivity index (χ3n) is 4.89. The third kappa shape index (κ3) is 4.22. The highest BCUT2D eigenvalue weighted by Gasteiger charge is 2.30. The summed E-state index contributed by atoms with van der Waals surface area (Å²) in [7, 11) is 1.62. The Hall–Kier alpha value is -3.54. The molecule has 1 aromatic heterocycles. The minimum atomic E-state index is -4.35. The molecule has 0 saturated heterocycles. The number of ether oxygens (including phenoxy) is 1. The fraction of sp³-hybridized carbons (Fsp3) is 0.125. The van der Waals surface area contributed by atoms with Gasteiger partial charge in [-0.05, 0) is 53.1 Å². The average Bonchev–Trinajstić information content (AvgIpc) is 3.22. The maximum Gasteiger partial charge on any atom is 0.416 e. The molecule has 0 radical (unpaired) electrons. The summed E-state index contributed by atoms with van der Waals surface area (Å²) >= 11 is 0. The second-order valence-corrected chi connectivity index (χ2v) is 6.88. The van der Waals surface area contributed by atoms with E-state index in [1.165, 1.54) is 12.1 Å². The first-order valence-corrected chi connectivity index (χ1v) is 9.36. The summed E-state index contributed by atoms with van der Waals surface area (Å²) in [5.41, 5.74) is 2.63. The van der Waals surface area contributed by atoms with Crippen LogP contribution in [0.25, 0.3) is 22.5 Å². The number of alkyl halides is 3. The van der Waals surface area contributed by atoms with Crippen molar-refractivity contribution in [3.05, 3.63) is 96.3 Å². The minimum absolute atomic E-state index is 0.540. The Morgan fingerprint density at radius 2 is 1.57 bits per heavy atom. The second-order valence-electron chi connectivity index (χ2n) is 6.88. The predicted molar refractivity (Wildman–Crippen MR) is 110 cm³/mol. The van der Waals surface area contributed by atoms with E-state index in [0.29, 0.717) is 12.1 Å². The monoisotopic (exact) mass is 408 g/mol. The molecule has 0 bridgehead atoms. The zero-order valence-electron chi connectivity index (χ0n) is 16.2. The normalized spacial score (nSPS) is 11.5. The molecule has 0 unspecified atom stereocenters. The number of benzene rings is 3. The lowest BCUT2D eigenvalue weighted by atomic mass is 10.0. The highest BCUT2D eigenvalue weighted by Crippen LogP contribution is 2.32. The number of halogens is 3. The minimum Gasteiger partial charge on any atom is -0.497 e. The summed E-state index contributed by atoms with van der Waals surface area (Å²) in [5, 5.41) is 0. The molecule has 0 aliphatic rings. The van der Waals surface area contributed by atoms with Gasteiger partial charge in [-0.15, -0.1) is 0 Å². The zero-order chi connectivity index (χ0) is 21.1. The van der Waals surface area contributed by atoms with Gasteiger partial charge in [0.05, 0.1) is 12.7 Å². The van der Waals surface area contributed by atoms with Crippen molar-refractivity contribution >= 4 is 0 Å². The summed E-state index contributed by atoms with van der Waals surface area (Å²) in [6, 6.07) is 20.6. The van der Waals surface area contributed by atoms with Crippen LogP contribution in [0.3, 0.4) is 0 Å². The molecule has 0 N–H and O–H groups in total. The van der Waals surface area contributed by atoms with Crippen LogP contribution in [0.2, 0.25) is 0 Å². The fourth-order valence-corrected chi connectivity index (χ4v) is 3.31. The largest absolute Gasteiger partial charge is 0.497 e. The Morgan fingerprint density at radius 3 is 2.23 bits per heavy atom. The van der Waals surface area contributed by atoms with Gasteiger partial charge in [0.25, 0.3) is 0 Å². The molecule has 0 aliphatic heterocycles. The van der Waals surface area contributed by atoms with Gasteiger partial charge in [0, 0.05) is 24.5 Å². The van der Waals surface area contributed by atoms with E-state index < -0.39 is 11.7 Å². The summed E-state index contributed by atoms with van der Waals surface area (Å²) < 4.78 is 46.1. The van der Waals surface area contributed by atoms with Crippen LogP contribution in [-0.2, 0) is 12.7 Å². The molecular weight excluding hydrogens is 389 g/mol. The summed E-state index contributed by atoms with van der Waals surface area (Å²) in [5.74, 6) is 1.61. The molecular formula is C24H19F3N2O. The van der Waals surface area contributed by atoms with Crippen LogP contribution < -0.4 is 4.74 Å². The molecule has 3 aromatic carbocycles. The van der Waals surface area contributed by atoms with E-state index in [0.717, 1.165) is 34.3 Å². The molecule has 152 valence electrons. The maximum atomic E-state index is 13.0. The number of hydrogen-bond acceptors (Lipinski definition) is 2. The SMILES string of the molecule is COc1ccc(-c2nccn2Cc2ccc(-c3cccc(C(F)(F)F)c3)cc2)cc1. The average molecular weight is 408 g/mol. The van der Waals surface area contributed by atoms with Crippen LogP contribution in [0.4, 0.5) is 13.2 Å². The highest BCUT2D eigenvalue weighted by atomic mass is 19.4. The Kier molecular flexibility index (Phi) is 5.31. The van der Waals surface area contributed by atoms with Gasteiger partial charge in [0.2, 0.25) is 0 Å². The molecule has 0 spiro atoms. The highest BCUT2D eigenvalue weighted by molar-refractivity contribution is 5.64. The second kappa shape index (κ2) is 8.06. The molecule has 0 saturated carbocycles.